The number of imide groups is 1. The molecular weight excluding hydrogens is 338 g/mol. The highest BCUT2D eigenvalue weighted by Gasteiger charge is 2.39. The molecule has 0 spiro atoms. The number of nitrogens with two attached hydrogens (primary N) is 1. The van der Waals surface area contributed by atoms with Gasteiger partial charge in [0.25, 0.3) is 11.8 Å². The summed E-state index contributed by atoms with van der Waals surface area (Å²) in [6.45, 7) is 4.92. The van der Waals surface area contributed by atoms with Crippen LogP contribution in [0.2, 0.25) is 5.02 Å². The second-order valence-electron chi connectivity index (χ2n) is 6.69. The van der Waals surface area contributed by atoms with Crippen molar-refractivity contribution in [1.29, 1.82) is 0 Å². The first kappa shape index (κ1) is 16.4. The minimum atomic E-state index is -0.259. The summed E-state index contributed by atoms with van der Waals surface area (Å²) in [5, 5.41) is 1.65. The fourth-order valence-electron chi connectivity index (χ4n) is 4.00. The summed E-state index contributed by atoms with van der Waals surface area (Å²) in [5.74, 6) is -0.481. The van der Waals surface area contributed by atoms with Crippen LogP contribution in [0.5, 0.6) is 0 Å². The number of carbonyl (C=O) groups is 2. The van der Waals surface area contributed by atoms with Crippen LogP contribution in [0.1, 0.15) is 40.5 Å². The number of nitrogen functional groups attached to an aromatic ring is 1. The van der Waals surface area contributed by atoms with E-state index in [1.54, 1.807) is 24.3 Å². The van der Waals surface area contributed by atoms with Gasteiger partial charge in [0.15, 0.2) is 0 Å². The van der Waals surface area contributed by atoms with Gasteiger partial charge in [0.1, 0.15) is 0 Å². The van der Waals surface area contributed by atoms with Crippen LogP contribution in [0.3, 0.4) is 0 Å². The number of amides is 2. The molecule has 130 valence electrons. The lowest BCUT2D eigenvalue weighted by molar-refractivity contribution is 0.0461. The molecule has 0 saturated carbocycles. The second kappa shape index (κ2) is 6.00. The average molecular weight is 358 g/mol. The number of anilines is 1. The van der Waals surface area contributed by atoms with E-state index in [0.717, 1.165) is 32.5 Å². The number of halogens is 1. The molecule has 2 N–H and O–H groups in total. The van der Waals surface area contributed by atoms with Crippen molar-refractivity contribution >= 4 is 39.9 Å². The highest BCUT2D eigenvalue weighted by atomic mass is 35.5. The van der Waals surface area contributed by atoms with Crippen molar-refractivity contribution in [1.82, 2.24) is 9.80 Å². The van der Waals surface area contributed by atoms with Crippen LogP contribution in [0.25, 0.3) is 10.8 Å². The first-order chi connectivity index (χ1) is 12.0. The van der Waals surface area contributed by atoms with Crippen molar-refractivity contribution in [3.05, 3.63) is 40.4 Å². The molecule has 1 saturated heterocycles. The Morgan fingerprint density at radius 1 is 1.16 bits per heavy atom. The molecule has 6 heteroatoms. The molecule has 0 bridgehead atoms. The van der Waals surface area contributed by atoms with Gasteiger partial charge in [-0.05, 0) is 31.5 Å². The lowest BCUT2D eigenvalue weighted by atomic mass is 9.90. The highest BCUT2D eigenvalue weighted by Crippen LogP contribution is 2.38. The molecule has 1 fully saturated rings. The minimum absolute atomic E-state index is 0.0671. The van der Waals surface area contributed by atoms with Gasteiger partial charge >= 0.3 is 0 Å². The molecule has 0 unspecified atom stereocenters. The molecule has 2 aliphatic heterocycles. The molecule has 0 atom stereocenters. The zero-order valence-corrected chi connectivity index (χ0v) is 14.8. The average Bonchev–Trinajstić information content (AvgIpc) is 2.63. The molecule has 2 amide bonds. The summed E-state index contributed by atoms with van der Waals surface area (Å²) in [6, 6.07) is 6.90. The summed E-state index contributed by atoms with van der Waals surface area (Å²) in [5.41, 5.74) is 7.48. The number of piperidine rings is 1. The van der Waals surface area contributed by atoms with Gasteiger partial charge in [-0.3, -0.25) is 14.5 Å². The van der Waals surface area contributed by atoms with E-state index in [0.29, 0.717) is 32.6 Å². The van der Waals surface area contributed by atoms with Crippen LogP contribution >= 0.6 is 11.6 Å². The van der Waals surface area contributed by atoms with Crippen molar-refractivity contribution < 1.29 is 9.59 Å². The van der Waals surface area contributed by atoms with Gasteiger partial charge in [0, 0.05) is 35.5 Å². The van der Waals surface area contributed by atoms with Crippen LogP contribution in [0, 0.1) is 0 Å². The molecular formula is C19H20ClN3O2. The number of likely N-dealkylation sites (tertiary alicyclic amines) is 1. The number of hydrogen-bond donors (Lipinski definition) is 1. The van der Waals surface area contributed by atoms with Gasteiger partial charge in [0.2, 0.25) is 0 Å². The minimum Gasteiger partial charge on any atom is -0.397 e. The van der Waals surface area contributed by atoms with E-state index in [1.165, 1.54) is 4.90 Å². The summed E-state index contributed by atoms with van der Waals surface area (Å²) in [7, 11) is 0. The molecule has 2 aliphatic rings. The predicted molar refractivity (Wildman–Crippen MR) is 99.0 cm³/mol. The Labute approximate surface area is 151 Å². The third-order valence-electron chi connectivity index (χ3n) is 5.42. The zero-order chi connectivity index (χ0) is 17.7. The van der Waals surface area contributed by atoms with E-state index in [9.17, 15) is 9.59 Å². The topological polar surface area (TPSA) is 66.6 Å². The first-order valence-corrected chi connectivity index (χ1v) is 9.01. The first-order valence-electron chi connectivity index (χ1n) is 8.63. The third-order valence-corrected chi connectivity index (χ3v) is 5.73. The molecule has 0 aromatic heterocycles. The van der Waals surface area contributed by atoms with Crippen molar-refractivity contribution in [2.75, 3.05) is 25.4 Å². The van der Waals surface area contributed by atoms with Crippen LogP contribution in [-0.2, 0) is 0 Å². The normalized spacial score (nSPS) is 19.0. The number of rotatable bonds is 2. The molecule has 2 aromatic rings. The van der Waals surface area contributed by atoms with Crippen LogP contribution < -0.4 is 5.73 Å². The van der Waals surface area contributed by atoms with Gasteiger partial charge in [-0.1, -0.05) is 30.7 Å². The van der Waals surface area contributed by atoms with E-state index in [4.69, 9.17) is 17.3 Å². The van der Waals surface area contributed by atoms with Crippen LogP contribution in [0.4, 0.5) is 5.69 Å². The highest BCUT2D eigenvalue weighted by molar-refractivity contribution is 6.37. The smallest absolute Gasteiger partial charge is 0.261 e. The number of benzene rings is 2. The fourth-order valence-corrected chi connectivity index (χ4v) is 4.21. The van der Waals surface area contributed by atoms with Gasteiger partial charge in [-0.2, -0.15) is 0 Å². The van der Waals surface area contributed by atoms with Gasteiger partial charge in [-0.15, -0.1) is 0 Å². The maximum atomic E-state index is 13.1. The SMILES string of the molecule is CCN1CCC(N2C(=O)c3cccc4c(N)c(Cl)cc(c34)C2=O)CC1. The van der Waals surface area contributed by atoms with E-state index in [1.807, 2.05) is 0 Å². The number of hydrogen-bond acceptors (Lipinski definition) is 4. The lowest BCUT2D eigenvalue weighted by Crippen LogP contribution is -2.51. The van der Waals surface area contributed by atoms with Gasteiger partial charge in [-0.25, -0.2) is 0 Å². The monoisotopic (exact) mass is 357 g/mol. The van der Waals surface area contributed by atoms with E-state index < -0.39 is 0 Å². The Balaban J connectivity index is 1.81. The molecule has 2 aromatic carbocycles. The largest absolute Gasteiger partial charge is 0.397 e. The molecule has 0 aliphatic carbocycles. The summed E-state index contributed by atoms with van der Waals surface area (Å²) in [6.07, 6.45) is 1.61. The predicted octanol–water partition coefficient (Wildman–Crippen LogP) is 3.16. The van der Waals surface area contributed by atoms with Crippen molar-refractivity contribution in [3.63, 3.8) is 0 Å². The summed E-state index contributed by atoms with van der Waals surface area (Å²) in [4.78, 5) is 30.0. The zero-order valence-electron chi connectivity index (χ0n) is 14.1. The Morgan fingerprint density at radius 2 is 1.84 bits per heavy atom. The standard InChI is InChI=1S/C19H20ClN3O2/c1-2-22-8-6-11(7-9-22)23-18(24)13-5-3-4-12-16(13)14(19(23)25)10-15(20)17(12)21/h3-5,10-11H,2,6-9,21H2,1H3. The molecule has 4 rings (SSSR count). The molecule has 25 heavy (non-hydrogen) atoms. The summed E-state index contributed by atoms with van der Waals surface area (Å²) >= 11 is 6.23. The maximum absolute atomic E-state index is 13.1. The molecule has 2 heterocycles. The van der Waals surface area contributed by atoms with Crippen LogP contribution in [-0.4, -0.2) is 47.3 Å². The van der Waals surface area contributed by atoms with Gasteiger partial charge in [0.05, 0.1) is 16.3 Å². The van der Waals surface area contributed by atoms with Crippen molar-refractivity contribution in [2.24, 2.45) is 0 Å². The van der Waals surface area contributed by atoms with E-state index >= 15 is 0 Å². The maximum Gasteiger partial charge on any atom is 0.261 e. The van der Waals surface area contributed by atoms with Gasteiger partial charge < -0.3 is 10.6 Å². The molecule has 0 radical (unpaired) electrons. The number of carbonyl (C=O) groups excluding carboxylic acids is 2. The van der Waals surface area contributed by atoms with Crippen molar-refractivity contribution in [3.8, 4) is 0 Å². The Morgan fingerprint density at radius 3 is 2.52 bits per heavy atom. The Hall–Kier alpha value is -2.11. The summed E-state index contributed by atoms with van der Waals surface area (Å²) < 4.78 is 0. The fraction of sp³-hybridized carbons (Fsp3) is 0.368. The van der Waals surface area contributed by atoms with E-state index in [-0.39, 0.29) is 17.9 Å². The quantitative estimate of drug-likeness (QED) is 0.662. The molecule has 5 nitrogen and oxygen atoms in total. The van der Waals surface area contributed by atoms with E-state index in [2.05, 4.69) is 11.8 Å². The third kappa shape index (κ3) is 2.41. The Kier molecular flexibility index (Phi) is 3.93. The Bertz CT molecular complexity index is 888. The second-order valence-corrected chi connectivity index (χ2v) is 7.10. The lowest BCUT2D eigenvalue weighted by Gasteiger charge is -2.39. The number of nitrogens with zero attached hydrogens (tertiary/aromatic N) is 2. The van der Waals surface area contributed by atoms with Crippen LogP contribution in [0.15, 0.2) is 24.3 Å². The van der Waals surface area contributed by atoms with Crippen molar-refractivity contribution in [2.45, 2.75) is 25.8 Å².